The van der Waals surface area contributed by atoms with Crippen molar-refractivity contribution in [2.45, 2.75) is 58.3 Å². The first-order valence-corrected chi connectivity index (χ1v) is 5.18. The van der Waals surface area contributed by atoms with E-state index >= 15 is 0 Å². The smallest absolute Gasteiger partial charge is 0.111 e. The van der Waals surface area contributed by atoms with Crippen LogP contribution in [0.15, 0.2) is 0 Å². The van der Waals surface area contributed by atoms with Crippen LogP contribution in [0.4, 0.5) is 0 Å². The predicted octanol–water partition coefficient (Wildman–Crippen LogP) is 1.85. The molecule has 1 saturated heterocycles. The minimum atomic E-state index is -1.00. The van der Waals surface area contributed by atoms with Gasteiger partial charge in [0.2, 0.25) is 0 Å². The highest BCUT2D eigenvalue weighted by atomic mass is 16.5. The third-order valence-corrected chi connectivity index (χ3v) is 3.62. The van der Waals surface area contributed by atoms with E-state index in [0.717, 1.165) is 0 Å². The van der Waals surface area contributed by atoms with Gasteiger partial charge in [-0.05, 0) is 27.2 Å². The van der Waals surface area contributed by atoms with Crippen LogP contribution in [0.1, 0.15) is 40.5 Å². The Bertz CT molecular complexity index is 261. The average Bonchev–Trinajstić information content (AvgIpc) is 2.40. The summed E-state index contributed by atoms with van der Waals surface area (Å²) in [7, 11) is 0. The minimum Gasteiger partial charge on any atom is -0.385 e. The average molecular weight is 197 g/mol. The Balaban J connectivity index is 3.00. The SMILES string of the molecule is CCC(C)(C#N)C1(O)CC(C)OC1C. The highest BCUT2D eigenvalue weighted by molar-refractivity contribution is 5.13. The van der Waals surface area contributed by atoms with E-state index in [4.69, 9.17) is 10.00 Å². The van der Waals surface area contributed by atoms with E-state index in [1.54, 1.807) is 0 Å². The molecule has 0 amide bonds. The number of aliphatic hydroxyl groups is 1. The molecular formula is C11H19NO2. The van der Waals surface area contributed by atoms with Crippen molar-refractivity contribution in [3.8, 4) is 6.07 Å². The predicted molar refractivity (Wildman–Crippen MR) is 53.6 cm³/mol. The van der Waals surface area contributed by atoms with Gasteiger partial charge < -0.3 is 9.84 Å². The van der Waals surface area contributed by atoms with Gasteiger partial charge in [0.1, 0.15) is 5.60 Å². The second-order valence-electron chi connectivity index (χ2n) is 4.51. The van der Waals surface area contributed by atoms with Crippen molar-refractivity contribution in [3.63, 3.8) is 0 Å². The Morgan fingerprint density at radius 3 is 2.50 bits per heavy atom. The van der Waals surface area contributed by atoms with Gasteiger partial charge in [-0.15, -0.1) is 0 Å². The van der Waals surface area contributed by atoms with Gasteiger partial charge in [0.15, 0.2) is 0 Å². The van der Waals surface area contributed by atoms with Crippen molar-refractivity contribution in [3.05, 3.63) is 0 Å². The van der Waals surface area contributed by atoms with Gasteiger partial charge in [0.05, 0.1) is 23.7 Å². The van der Waals surface area contributed by atoms with Crippen LogP contribution in [0.5, 0.6) is 0 Å². The Morgan fingerprint density at radius 2 is 2.21 bits per heavy atom. The first-order valence-electron chi connectivity index (χ1n) is 5.18. The molecule has 1 aliphatic rings. The zero-order valence-corrected chi connectivity index (χ0v) is 9.37. The molecule has 0 aliphatic carbocycles. The number of rotatable bonds is 2. The maximum Gasteiger partial charge on any atom is 0.111 e. The number of nitrogens with zero attached hydrogens (tertiary/aromatic N) is 1. The second-order valence-corrected chi connectivity index (χ2v) is 4.51. The van der Waals surface area contributed by atoms with E-state index in [1.807, 2.05) is 27.7 Å². The van der Waals surface area contributed by atoms with Crippen LogP contribution in [-0.2, 0) is 4.74 Å². The molecule has 1 heterocycles. The molecule has 0 aromatic rings. The number of ether oxygens (including phenoxy) is 1. The minimum absolute atomic E-state index is 0.0363. The van der Waals surface area contributed by atoms with Gasteiger partial charge in [0, 0.05) is 6.42 Å². The molecule has 1 fully saturated rings. The lowest BCUT2D eigenvalue weighted by atomic mass is 9.68. The Hall–Kier alpha value is -0.590. The summed E-state index contributed by atoms with van der Waals surface area (Å²) in [5.74, 6) is 0. The van der Waals surface area contributed by atoms with Gasteiger partial charge in [-0.2, -0.15) is 5.26 Å². The van der Waals surface area contributed by atoms with E-state index in [-0.39, 0.29) is 12.2 Å². The summed E-state index contributed by atoms with van der Waals surface area (Å²) in [6.45, 7) is 7.51. The molecule has 0 spiro atoms. The van der Waals surface area contributed by atoms with E-state index in [2.05, 4.69) is 6.07 Å². The lowest BCUT2D eigenvalue weighted by Gasteiger charge is -2.38. The van der Waals surface area contributed by atoms with Gasteiger partial charge in [-0.3, -0.25) is 0 Å². The molecule has 0 bridgehead atoms. The molecular weight excluding hydrogens is 178 g/mol. The summed E-state index contributed by atoms with van der Waals surface area (Å²) in [6.07, 6.45) is 0.961. The molecule has 0 aromatic carbocycles. The van der Waals surface area contributed by atoms with Gasteiger partial charge >= 0.3 is 0 Å². The maximum atomic E-state index is 10.5. The Kier molecular flexibility index (Phi) is 2.89. The molecule has 3 nitrogen and oxygen atoms in total. The molecule has 1 aliphatic heterocycles. The third kappa shape index (κ3) is 1.43. The quantitative estimate of drug-likeness (QED) is 0.735. The maximum absolute atomic E-state index is 10.5. The lowest BCUT2D eigenvalue weighted by Crippen LogP contribution is -2.50. The first kappa shape index (κ1) is 11.5. The first-order chi connectivity index (χ1) is 6.39. The van der Waals surface area contributed by atoms with Crippen molar-refractivity contribution >= 4 is 0 Å². The molecule has 4 unspecified atom stereocenters. The fourth-order valence-corrected chi connectivity index (χ4v) is 2.27. The van der Waals surface area contributed by atoms with Gasteiger partial charge in [-0.1, -0.05) is 6.92 Å². The molecule has 1 rings (SSSR count). The molecule has 4 atom stereocenters. The third-order valence-electron chi connectivity index (χ3n) is 3.62. The van der Waals surface area contributed by atoms with Crippen LogP contribution in [0.25, 0.3) is 0 Å². The summed E-state index contributed by atoms with van der Waals surface area (Å²) in [5.41, 5.74) is -1.72. The van der Waals surface area contributed by atoms with Crippen LogP contribution in [0.3, 0.4) is 0 Å². The van der Waals surface area contributed by atoms with E-state index in [0.29, 0.717) is 12.8 Å². The van der Waals surface area contributed by atoms with Crippen molar-refractivity contribution in [1.29, 1.82) is 5.26 Å². The van der Waals surface area contributed by atoms with E-state index in [9.17, 15) is 5.11 Å². The van der Waals surface area contributed by atoms with Crippen molar-refractivity contribution in [2.24, 2.45) is 5.41 Å². The molecule has 14 heavy (non-hydrogen) atoms. The molecule has 0 radical (unpaired) electrons. The topological polar surface area (TPSA) is 53.2 Å². The molecule has 0 saturated carbocycles. The van der Waals surface area contributed by atoms with Crippen LogP contribution >= 0.6 is 0 Å². The van der Waals surface area contributed by atoms with Crippen molar-refractivity contribution in [1.82, 2.24) is 0 Å². The lowest BCUT2D eigenvalue weighted by molar-refractivity contribution is -0.0948. The van der Waals surface area contributed by atoms with Crippen LogP contribution in [0.2, 0.25) is 0 Å². The van der Waals surface area contributed by atoms with Crippen LogP contribution in [0, 0.1) is 16.7 Å². The number of nitriles is 1. The molecule has 1 N–H and O–H groups in total. The van der Waals surface area contributed by atoms with Crippen LogP contribution in [-0.4, -0.2) is 22.9 Å². The standard InChI is InChI=1S/C11H19NO2/c1-5-10(4,7-12)11(13)6-8(2)14-9(11)3/h8-9,13H,5-6H2,1-4H3. The Morgan fingerprint density at radius 1 is 1.64 bits per heavy atom. The largest absolute Gasteiger partial charge is 0.385 e. The summed E-state index contributed by atoms with van der Waals surface area (Å²) < 4.78 is 5.53. The zero-order valence-electron chi connectivity index (χ0n) is 9.37. The van der Waals surface area contributed by atoms with E-state index in [1.165, 1.54) is 0 Å². The van der Waals surface area contributed by atoms with E-state index < -0.39 is 11.0 Å². The normalized spacial score (nSPS) is 41.7. The van der Waals surface area contributed by atoms with Gasteiger partial charge in [0.25, 0.3) is 0 Å². The molecule has 0 aromatic heterocycles. The highest BCUT2D eigenvalue weighted by Crippen LogP contribution is 2.45. The number of hydrogen-bond acceptors (Lipinski definition) is 3. The fraction of sp³-hybridized carbons (Fsp3) is 0.909. The highest BCUT2D eigenvalue weighted by Gasteiger charge is 2.55. The summed E-state index contributed by atoms with van der Waals surface area (Å²) in [5, 5.41) is 19.7. The monoisotopic (exact) mass is 197 g/mol. The number of hydrogen-bond donors (Lipinski definition) is 1. The van der Waals surface area contributed by atoms with Crippen molar-refractivity contribution < 1.29 is 9.84 Å². The van der Waals surface area contributed by atoms with Crippen molar-refractivity contribution in [2.75, 3.05) is 0 Å². The summed E-state index contributed by atoms with van der Waals surface area (Å²) >= 11 is 0. The van der Waals surface area contributed by atoms with Crippen LogP contribution < -0.4 is 0 Å². The second kappa shape index (κ2) is 3.52. The summed E-state index contributed by atoms with van der Waals surface area (Å²) in [6, 6.07) is 2.23. The zero-order chi connectivity index (χ0) is 11.0. The van der Waals surface area contributed by atoms with Gasteiger partial charge in [-0.25, -0.2) is 0 Å². The fourth-order valence-electron chi connectivity index (χ4n) is 2.27. The molecule has 80 valence electrons. The Labute approximate surface area is 85.7 Å². The summed E-state index contributed by atoms with van der Waals surface area (Å²) in [4.78, 5) is 0. The molecule has 3 heteroatoms.